The molecule has 1 aromatic rings. The summed E-state index contributed by atoms with van der Waals surface area (Å²) in [6.45, 7) is 6.18. The lowest BCUT2D eigenvalue weighted by Gasteiger charge is -2.30. The molecule has 6 heteroatoms. The minimum Gasteiger partial charge on any atom is -0.478 e. The van der Waals surface area contributed by atoms with E-state index in [0.717, 1.165) is 0 Å². The highest BCUT2D eigenvalue weighted by atomic mass is 19.4. The molecule has 0 radical (unpaired) electrons. The van der Waals surface area contributed by atoms with Gasteiger partial charge in [-0.2, -0.15) is 13.2 Å². The molecule has 1 rings (SSSR count). The van der Waals surface area contributed by atoms with Crippen molar-refractivity contribution in [1.29, 1.82) is 0 Å². The molecule has 0 aromatic heterocycles. The van der Waals surface area contributed by atoms with E-state index in [1.54, 1.807) is 7.05 Å². The number of hydrogen-bond acceptors (Lipinski definition) is 2. The summed E-state index contributed by atoms with van der Waals surface area (Å²) in [5.74, 6) is -1.37. The number of carboxylic acids is 1. The first kappa shape index (κ1) is 16.3. The van der Waals surface area contributed by atoms with E-state index in [9.17, 15) is 18.0 Å². The van der Waals surface area contributed by atoms with Gasteiger partial charge in [0.15, 0.2) is 0 Å². The van der Waals surface area contributed by atoms with Crippen LogP contribution in [0.3, 0.4) is 0 Å². The molecule has 0 saturated carbocycles. The number of alkyl halides is 3. The van der Waals surface area contributed by atoms with Crippen molar-refractivity contribution in [2.45, 2.75) is 26.9 Å². The van der Waals surface area contributed by atoms with E-state index < -0.39 is 17.7 Å². The van der Waals surface area contributed by atoms with Crippen LogP contribution in [0.25, 0.3) is 0 Å². The molecular weight excluding hydrogens is 271 g/mol. The summed E-state index contributed by atoms with van der Waals surface area (Å²) in [4.78, 5) is 12.3. The maximum atomic E-state index is 13.1. The van der Waals surface area contributed by atoms with E-state index in [2.05, 4.69) is 0 Å². The summed E-state index contributed by atoms with van der Waals surface area (Å²) in [5, 5.41) is 8.81. The number of aromatic carboxylic acids is 1. The predicted molar refractivity (Wildman–Crippen MR) is 71.1 cm³/mol. The molecule has 0 atom stereocenters. The topological polar surface area (TPSA) is 40.5 Å². The van der Waals surface area contributed by atoms with Gasteiger partial charge in [0.05, 0.1) is 11.1 Å². The lowest BCUT2D eigenvalue weighted by Crippen LogP contribution is -2.30. The number of anilines is 1. The standard InChI is InChI=1S/C14H18F3NO2/c1-13(2,3)8-18(4)11-6-5-9(12(19)20)7-10(11)14(15,16)17/h5-7H,8H2,1-4H3,(H,19,20). The second kappa shape index (κ2) is 5.34. The number of hydrogen-bond donors (Lipinski definition) is 1. The molecule has 1 aromatic carbocycles. The highest BCUT2D eigenvalue weighted by Gasteiger charge is 2.35. The highest BCUT2D eigenvalue weighted by molar-refractivity contribution is 5.88. The minimum absolute atomic E-state index is 0.0163. The number of rotatable bonds is 3. The van der Waals surface area contributed by atoms with Crippen LogP contribution in [0, 0.1) is 5.41 Å². The zero-order chi connectivity index (χ0) is 15.7. The van der Waals surface area contributed by atoms with Gasteiger partial charge in [0.2, 0.25) is 0 Å². The van der Waals surface area contributed by atoms with E-state index >= 15 is 0 Å². The van der Waals surface area contributed by atoms with Crippen LogP contribution in [0.15, 0.2) is 18.2 Å². The number of nitrogens with zero attached hydrogens (tertiary/aromatic N) is 1. The van der Waals surface area contributed by atoms with Gasteiger partial charge in [-0.05, 0) is 23.6 Å². The quantitative estimate of drug-likeness (QED) is 0.917. The monoisotopic (exact) mass is 289 g/mol. The molecular formula is C14H18F3NO2. The fraction of sp³-hybridized carbons (Fsp3) is 0.500. The SMILES string of the molecule is CN(CC(C)(C)C)c1ccc(C(=O)O)cc1C(F)(F)F. The summed E-state index contributed by atoms with van der Waals surface area (Å²) in [6.07, 6.45) is -4.59. The van der Waals surface area contributed by atoms with E-state index in [-0.39, 0.29) is 16.7 Å². The van der Waals surface area contributed by atoms with E-state index in [4.69, 9.17) is 5.11 Å². The molecule has 0 aliphatic carbocycles. The molecule has 3 nitrogen and oxygen atoms in total. The average Bonchev–Trinajstić information content (AvgIpc) is 2.24. The third-order valence-electron chi connectivity index (χ3n) is 2.67. The number of halogens is 3. The van der Waals surface area contributed by atoms with Crippen LogP contribution < -0.4 is 4.90 Å². The third-order valence-corrected chi connectivity index (χ3v) is 2.67. The third kappa shape index (κ3) is 4.15. The first-order valence-corrected chi connectivity index (χ1v) is 6.07. The van der Waals surface area contributed by atoms with Crippen molar-refractivity contribution in [3.8, 4) is 0 Å². The minimum atomic E-state index is -4.59. The average molecular weight is 289 g/mol. The van der Waals surface area contributed by atoms with E-state index in [0.29, 0.717) is 12.6 Å². The Bertz CT molecular complexity index is 504. The largest absolute Gasteiger partial charge is 0.478 e. The Morgan fingerprint density at radius 1 is 1.25 bits per heavy atom. The van der Waals surface area contributed by atoms with E-state index in [1.165, 1.54) is 17.0 Å². The van der Waals surface area contributed by atoms with Crippen molar-refractivity contribution >= 4 is 11.7 Å². The summed E-state index contributed by atoms with van der Waals surface area (Å²) in [6, 6.07) is 3.07. The normalized spacial score (nSPS) is 12.3. The van der Waals surface area contributed by atoms with Crippen molar-refractivity contribution in [3.05, 3.63) is 29.3 Å². The van der Waals surface area contributed by atoms with Crippen molar-refractivity contribution in [2.24, 2.45) is 5.41 Å². The molecule has 0 amide bonds. The molecule has 0 aliphatic heterocycles. The molecule has 0 fully saturated rings. The van der Waals surface area contributed by atoms with Crippen LogP contribution in [0.5, 0.6) is 0 Å². The van der Waals surface area contributed by atoms with Crippen LogP contribution in [0.2, 0.25) is 0 Å². The van der Waals surface area contributed by atoms with Gasteiger partial charge in [-0.25, -0.2) is 4.79 Å². The number of carbonyl (C=O) groups is 1. The number of carboxylic acid groups (broad SMARTS) is 1. The van der Waals surface area contributed by atoms with Crippen LogP contribution in [-0.2, 0) is 6.18 Å². The van der Waals surface area contributed by atoms with Crippen molar-refractivity contribution in [2.75, 3.05) is 18.5 Å². The fourth-order valence-corrected chi connectivity index (χ4v) is 2.03. The van der Waals surface area contributed by atoms with Crippen LogP contribution in [-0.4, -0.2) is 24.7 Å². The zero-order valence-electron chi connectivity index (χ0n) is 11.9. The maximum Gasteiger partial charge on any atom is 0.418 e. The first-order chi connectivity index (χ1) is 8.92. The summed E-state index contributed by atoms with van der Waals surface area (Å²) >= 11 is 0. The highest BCUT2D eigenvalue weighted by Crippen LogP contribution is 2.37. The van der Waals surface area contributed by atoms with Crippen LogP contribution >= 0.6 is 0 Å². The van der Waals surface area contributed by atoms with Crippen LogP contribution in [0.4, 0.5) is 18.9 Å². The summed E-state index contributed by atoms with van der Waals surface area (Å²) in [7, 11) is 1.57. The van der Waals surface area contributed by atoms with Gasteiger partial charge < -0.3 is 10.0 Å². The zero-order valence-corrected chi connectivity index (χ0v) is 11.9. The molecule has 112 valence electrons. The second-order valence-corrected chi connectivity index (χ2v) is 5.95. The smallest absolute Gasteiger partial charge is 0.418 e. The summed E-state index contributed by atoms with van der Waals surface area (Å²) < 4.78 is 39.2. The molecule has 1 N–H and O–H groups in total. The molecule has 20 heavy (non-hydrogen) atoms. The Morgan fingerprint density at radius 3 is 2.20 bits per heavy atom. The molecule has 0 aliphatic rings. The Kier molecular flexibility index (Phi) is 4.36. The van der Waals surface area contributed by atoms with Gasteiger partial charge in [0, 0.05) is 19.3 Å². The fourth-order valence-electron chi connectivity index (χ4n) is 2.03. The van der Waals surface area contributed by atoms with Gasteiger partial charge in [0.1, 0.15) is 0 Å². The Balaban J connectivity index is 3.29. The van der Waals surface area contributed by atoms with Crippen LogP contribution in [0.1, 0.15) is 36.7 Å². The van der Waals surface area contributed by atoms with Gasteiger partial charge in [-0.15, -0.1) is 0 Å². The van der Waals surface area contributed by atoms with Crippen molar-refractivity contribution in [1.82, 2.24) is 0 Å². The molecule has 0 heterocycles. The predicted octanol–water partition coefficient (Wildman–Crippen LogP) is 3.89. The lowest BCUT2D eigenvalue weighted by atomic mass is 9.95. The van der Waals surface area contributed by atoms with Gasteiger partial charge >= 0.3 is 12.1 Å². The number of benzene rings is 1. The Hall–Kier alpha value is -1.72. The molecule has 0 spiro atoms. The van der Waals surface area contributed by atoms with Crippen molar-refractivity contribution < 1.29 is 23.1 Å². The lowest BCUT2D eigenvalue weighted by molar-refractivity contribution is -0.137. The van der Waals surface area contributed by atoms with E-state index in [1.807, 2.05) is 20.8 Å². The molecule has 0 unspecified atom stereocenters. The Labute approximate surface area is 116 Å². The maximum absolute atomic E-state index is 13.1. The Morgan fingerprint density at radius 2 is 1.80 bits per heavy atom. The van der Waals surface area contributed by atoms with Gasteiger partial charge in [0.25, 0.3) is 0 Å². The summed E-state index contributed by atoms with van der Waals surface area (Å²) in [5.41, 5.74) is -1.49. The van der Waals surface area contributed by atoms with Gasteiger partial charge in [-0.1, -0.05) is 20.8 Å². The second-order valence-electron chi connectivity index (χ2n) is 5.95. The molecule has 0 saturated heterocycles. The first-order valence-electron chi connectivity index (χ1n) is 6.07. The van der Waals surface area contributed by atoms with Crippen molar-refractivity contribution in [3.63, 3.8) is 0 Å². The van der Waals surface area contributed by atoms with Gasteiger partial charge in [-0.3, -0.25) is 0 Å². The molecule has 0 bridgehead atoms.